The van der Waals surface area contributed by atoms with Gasteiger partial charge in [-0.2, -0.15) is 5.10 Å². The van der Waals surface area contributed by atoms with Crippen LogP contribution in [0.25, 0.3) is 10.8 Å². The average molecular weight is 456 g/mol. The summed E-state index contributed by atoms with van der Waals surface area (Å²) in [5, 5.41) is 8.43. The largest absolute Gasteiger partial charge is 0.372 e. The van der Waals surface area contributed by atoms with Crippen molar-refractivity contribution >= 4 is 16.7 Å². The third-order valence-electron chi connectivity index (χ3n) is 5.45. The Morgan fingerprint density at radius 2 is 1.53 bits per heavy atom. The lowest BCUT2D eigenvalue weighted by Crippen LogP contribution is -2.31. The Bertz CT molecular complexity index is 1330. The standard InChI is InChI=1S/C28H29N3O3/c1-20(2)17-31-28(33)25-14-7-6-13-24(25)26(30-31)27(32)29-16-22-11-8-12-23(15-22)19-34-18-21-9-4-3-5-10-21/h3-15,20H,16-19H2,1-2H3,(H,29,32). The molecule has 1 N–H and O–H groups in total. The van der Waals surface area contributed by atoms with Crippen molar-refractivity contribution in [2.45, 2.75) is 40.2 Å². The first kappa shape index (κ1) is 23.4. The highest BCUT2D eigenvalue weighted by Crippen LogP contribution is 2.15. The number of benzene rings is 3. The summed E-state index contributed by atoms with van der Waals surface area (Å²) in [5.41, 5.74) is 3.22. The zero-order chi connectivity index (χ0) is 23.9. The molecule has 0 bridgehead atoms. The number of rotatable bonds is 9. The second-order valence-corrected chi connectivity index (χ2v) is 8.76. The molecular weight excluding hydrogens is 426 g/mol. The third kappa shape index (κ3) is 5.77. The lowest BCUT2D eigenvalue weighted by Gasteiger charge is -2.13. The van der Waals surface area contributed by atoms with Crippen molar-refractivity contribution in [1.29, 1.82) is 0 Å². The van der Waals surface area contributed by atoms with E-state index in [1.807, 2.05) is 74.5 Å². The van der Waals surface area contributed by atoms with Gasteiger partial charge in [-0.15, -0.1) is 0 Å². The van der Waals surface area contributed by atoms with Gasteiger partial charge in [0.25, 0.3) is 11.5 Å². The van der Waals surface area contributed by atoms with Gasteiger partial charge in [0, 0.05) is 18.5 Å². The molecule has 0 spiro atoms. The van der Waals surface area contributed by atoms with Crippen molar-refractivity contribution in [3.8, 4) is 0 Å². The molecule has 6 nitrogen and oxygen atoms in total. The van der Waals surface area contributed by atoms with Crippen molar-refractivity contribution in [3.05, 3.63) is 112 Å². The van der Waals surface area contributed by atoms with Gasteiger partial charge in [0.15, 0.2) is 5.69 Å². The Hall–Kier alpha value is -3.77. The zero-order valence-electron chi connectivity index (χ0n) is 19.5. The number of aromatic nitrogens is 2. The number of fused-ring (bicyclic) bond motifs is 1. The fourth-order valence-electron chi connectivity index (χ4n) is 3.83. The first-order valence-electron chi connectivity index (χ1n) is 11.5. The molecular formula is C28H29N3O3. The van der Waals surface area contributed by atoms with Crippen molar-refractivity contribution in [3.63, 3.8) is 0 Å². The van der Waals surface area contributed by atoms with Gasteiger partial charge in [0.1, 0.15) is 0 Å². The van der Waals surface area contributed by atoms with Crippen molar-refractivity contribution in [2.75, 3.05) is 0 Å². The van der Waals surface area contributed by atoms with Gasteiger partial charge in [-0.3, -0.25) is 9.59 Å². The van der Waals surface area contributed by atoms with E-state index in [0.29, 0.717) is 37.1 Å². The Morgan fingerprint density at radius 1 is 0.882 bits per heavy atom. The van der Waals surface area contributed by atoms with Gasteiger partial charge in [-0.05, 0) is 28.7 Å². The molecule has 0 aliphatic carbocycles. The second-order valence-electron chi connectivity index (χ2n) is 8.76. The molecule has 0 saturated carbocycles. The normalized spacial score (nSPS) is 11.1. The monoisotopic (exact) mass is 455 g/mol. The van der Waals surface area contributed by atoms with Crippen LogP contribution in [0.5, 0.6) is 0 Å². The topological polar surface area (TPSA) is 73.2 Å². The van der Waals surface area contributed by atoms with Crippen LogP contribution in [0, 0.1) is 5.92 Å². The van der Waals surface area contributed by atoms with Crippen LogP contribution in [-0.4, -0.2) is 15.7 Å². The zero-order valence-corrected chi connectivity index (χ0v) is 19.5. The molecule has 6 heteroatoms. The van der Waals surface area contributed by atoms with Crippen LogP contribution < -0.4 is 10.9 Å². The van der Waals surface area contributed by atoms with Crippen molar-refractivity contribution in [2.24, 2.45) is 5.92 Å². The maximum Gasteiger partial charge on any atom is 0.274 e. The van der Waals surface area contributed by atoms with Crippen LogP contribution in [0.1, 0.15) is 41.0 Å². The van der Waals surface area contributed by atoms with Gasteiger partial charge in [-0.1, -0.05) is 86.6 Å². The molecule has 4 aromatic rings. The number of carbonyl (C=O) groups excluding carboxylic acids is 1. The van der Waals surface area contributed by atoms with Crippen molar-refractivity contribution in [1.82, 2.24) is 15.1 Å². The first-order valence-corrected chi connectivity index (χ1v) is 11.5. The quantitative estimate of drug-likeness (QED) is 0.397. The Labute approximate surface area is 199 Å². The summed E-state index contributed by atoms with van der Waals surface area (Å²) in [7, 11) is 0. The fourth-order valence-corrected chi connectivity index (χ4v) is 3.83. The summed E-state index contributed by atoms with van der Waals surface area (Å²) in [4.78, 5) is 25.9. The van der Waals surface area contributed by atoms with E-state index in [0.717, 1.165) is 16.7 Å². The van der Waals surface area contributed by atoms with E-state index >= 15 is 0 Å². The molecule has 1 aromatic heterocycles. The van der Waals surface area contributed by atoms with Crippen LogP contribution in [-0.2, 0) is 31.0 Å². The summed E-state index contributed by atoms with van der Waals surface area (Å²) in [6.07, 6.45) is 0. The van der Waals surface area contributed by atoms with E-state index in [1.54, 1.807) is 18.2 Å². The van der Waals surface area contributed by atoms with E-state index in [9.17, 15) is 9.59 Å². The number of hydrogen-bond acceptors (Lipinski definition) is 4. The number of nitrogens with one attached hydrogen (secondary N) is 1. The minimum atomic E-state index is -0.306. The molecule has 0 aliphatic heterocycles. The molecule has 1 heterocycles. The SMILES string of the molecule is CC(C)Cn1nc(C(=O)NCc2cccc(COCc3ccccc3)c2)c2ccccc2c1=O. The van der Waals surface area contributed by atoms with E-state index in [2.05, 4.69) is 10.4 Å². The summed E-state index contributed by atoms with van der Waals surface area (Å²) in [5.74, 6) is -0.0754. The lowest BCUT2D eigenvalue weighted by molar-refractivity contribution is 0.0945. The summed E-state index contributed by atoms with van der Waals surface area (Å²) < 4.78 is 7.23. The highest BCUT2D eigenvalue weighted by atomic mass is 16.5. The maximum atomic E-state index is 13.1. The lowest BCUT2D eigenvalue weighted by atomic mass is 10.1. The van der Waals surface area contributed by atoms with E-state index in [1.165, 1.54) is 4.68 Å². The molecule has 34 heavy (non-hydrogen) atoms. The Kier molecular flexibility index (Phi) is 7.50. The summed E-state index contributed by atoms with van der Waals surface area (Å²) >= 11 is 0. The Balaban J connectivity index is 1.45. The smallest absolute Gasteiger partial charge is 0.274 e. The number of carbonyl (C=O) groups is 1. The highest BCUT2D eigenvalue weighted by molar-refractivity contribution is 6.04. The van der Waals surface area contributed by atoms with Crippen molar-refractivity contribution < 1.29 is 9.53 Å². The predicted octanol–water partition coefficient (Wildman–Crippen LogP) is 4.70. The highest BCUT2D eigenvalue weighted by Gasteiger charge is 2.17. The fraction of sp³-hybridized carbons (Fsp3) is 0.250. The molecule has 0 unspecified atom stereocenters. The molecule has 0 radical (unpaired) electrons. The second kappa shape index (κ2) is 10.9. The van der Waals surface area contributed by atoms with Crippen LogP contribution >= 0.6 is 0 Å². The summed E-state index contributed by atoms with van der Waals surface area (Å²) in [6, 6.07) is 25.1. The summed E-state index contributed by atoms with van der Waals surface area (Å²) in [6.45, 7) is 5.87. The molecule has 3 aromatic carbocycles. The van der Waals surface area contributed by atoms with Crippen LogP contribution in [0.2, 0.25) is 0 Å². The van der Waals surface area contributed by atoms with E-state index in [-0.39, 0.29) is 23.1 Å². The number of nitrogens with zero attached hydrogens (tertiary/aromatic N) is 2. The molecule has 0 atom stereocenters. The average Bonchev–Trinajstić information content (AvgIpc) is 2.85. The number of ether oxygens (including phenoxy) is 1. The van der Waals surface area contributed by atoms with E-state index < -0.39 is 0 Å². The van der Waals surface area contributed by atoms with E-state index in [4.69, 9.17) is 4.74 Å². The van der Waals surface area contributed by atoms with Crippen LogP contribution in [0.3, 0.4) is 0 Å². The molecule has 1 amide bonds. The van der Waals surface area contributed by atoms with Gasteiger partial charge in [-0.25, -0.2) is 4.68 Å². The number of amides is 1. The maximum absolute atomic E-state index is 13.1. The predicted molar refractivity (Wildman–Crippen MR) is 133 cm³/mol. The van der Waals surface area contributed by atoms with Gasteiger partial charge in [0.05, 0.1) is 18.6 Å². The molecule has 174 valence electrons. The molecule has 0 fully saturated rings. The third-order valence-corrected chi connectivity index (χ3v) is 5.45. The molecule has 4 rings (SSSR count). The van der Waals surface area contributed by atoms with Crippen LogP contribution in [0.4, 0.5) is 0 Å². The molecule has 0 saturated heterocycles. The molecule has 0 aliphatic rings. The minimum Gasteiger partial charge on any atom is -0.372 e. The minimum absolute atomic E-state index is 0.177. The van der Waals surface area contributed by atoms with Gasteiger partial charge >= 0.3 is 0 Å². The van der Waals surface area contributed by atoms with Gasteiger partial charge < -0.3 is 10.1 Å². The van der Waals surface area contributed by atoms with Crippen LogP contribution in [0.15, 0.2) is 83.7 Å². The number of hydrogen-bond donors (Lipinski definition) is 1. The van der Waals surface area contributed by atoms with Gasteiger partial charge in [0.2, 0.25) is 0 Å². The first-order chi connectivity index (χ1) is 16.5. The Morgan fingerprint density at radius 3 is 2.29 bits per heavy atom.